The summed E-state index contributed by atoms with van der Waals surface area (Å²) in [5.74, 6) is -0.988. The molecule has 5 nitrogen and oxygen atoms in total. The van der Waals surface area contributed by atoms with Gasteiger partial charge in [-0.15, -0.1) is 0 Å². The zero-order valence-electron chi connectivity index (χ0n) is 17.1. The van der Waals surface area contributed by atoms with Crippen molar-refractivity contribution < 1.29 is 22.8 Å². The van der Waals surface area contributed by atoms with E-state index in [4.69, 9.17) is 16.6 Å². The standard InChI is InChI=1S/C23H21ClF3N3O2/c24-17-10-9-16(23(25,26)27)13-18(17)28-19(31)14-30-21(32)20(15-7-3-1-4-8-15)29-22(30)11-5-2-6-12-22/h1,3-4,7-10,13H,2,5-6,11-12,14H2,(H,28,31). The van der Waals surface area contributed by atoms with Gasteiger partial charge in [0.05, 0.1) is 16.3 Å². The average molecular weight is 464 g/mol. The Morgan fingerprint density at radius 1 is 1.09 bits per heavy atom. The first kappa shape index (κ1) is 22.3. The molecule has 168 valence electrons. The molecule has 0 atom stereocenters. The molecule has 0 unspecified atom stereocenters. The van der Waals surface area contributed by atoms with E-state index in [0.29, 0.717) is 24.1 Å². The topological polar surface area (TPSA) is 61.8 Å². The molecule has 2 aromatic carbocycles. The van der Waals surface area contributed by atoms with Crippen molar-refractivity contribution in [2.45, 2.75) is 43.9 Å². The van der Waals surface area contributed by atoms with Crippen LogP contribution in [0.1, 0.15) is 43.2 Å². The highest BCUT2D eigenvalue weighted by molar-refractivity contribution is 6.47. The van der Waals surface area contributed by atoms with Crippen molar-refractivity contribution in [2.75, 3.05) is 11.9 Å². The lowest BCUT2D eigenvalue weighted by Gasteiger charge is -2.38. The van der Waals surface area contributed by atoms with Gasteiger partial charge in [-0.25, -0.2) is 0 Å². The second kappa shape index (κ2) is 8.58. The number of rotatable bonds is 4. The number of halogens is 4. The normalized spacial score (nSPS) is 18.1. The summed E-state index contributed by atoms with van der Waals surface area (Å²) in [6.45, 7) is -0.328. The first-order chi connectivity index (χ1) is 15.2. The summed E-state index contributed by atoms with van der Waals surface area (Å²) in [6, 6.07) is 11.8. The number of anilines is 1. The molecule has 0 radical (unpaired) electrons. The molecule has 1 N–H and O–H groups in total. The van der Waals surface area contributed by atoms with Crippen LogP contribution in [0.2, 0.25) is 5.02 Å². The molecule has 1 aliphatic carbocycles. The molecule has 1 aliphatic heterocycles. The smallest absolute Gasteiger partial charge is 0.323 e. The molecule has 1 spiro atoms. The van der Waals surface area contributed by atoms with E-state index < -0.39 is 23.3 Å². The van der Waals surface area contributed by atoms with E-state index in [-0.39, 0.29) is 23.2 Å². The predicted molar refractivity (Wildman–Crippen MR) is 116 cm³/mol. The fourth-order valence-electron chi connectivity index (χ4n) is 4.27. The Bertz CT molecular complexity index is 1060. The van der Waals surface area contributed by atoms with Gasteiger partial charge in [-0.1, -0.05) is 48.4 Å². The third-order valence-corrected chi connectivity index (χ3v) is 6.17. The second-order valence-corrected chi connectivity index (χ2v) is 8.41. The van der Waals surface area contributed by atoms with Crippen molar-refractivity contribution in [3.63, 3.8) is 0 Å². The molecule has 1 fully saturated rings. The Balaban J connectivity index is 1.58. The van der Waals surface area contributed by atoms with Gasteiger partial charge in [0, 0.05) is 5.56 Å². The van der Waals surface area contributed by atoms with Gasteiger partial charge in [0.25, 0.3) is 5.91 Å². The lowest BCUT2D eigenvalue weighted by atomic mass is 9.88. The summed E-state index contributed by atoms with van der Waals surface area (Å²) in [7, 11) is 0. The molecular formula is C23H21ClF3N3O2. The highest BCUT2D eigenvalue weighted by atomic mass is 35.5. The van der Waals surface area contributed by atoms with Crippen molar-refractivity contribution >= 4 is 34.8 Å². The van der Waals surface area contributed by atoms with Crippen LogP contribution in [0.25, 0.3) is 0 Å². The zero-order chi connectivity index (χ0) is 22.9. The monoisotopic (exact) mass is 463 g/mol. The molecule has 32 heavy (non-hydrogen) atoms. The Morgan fingerprint density at radius 2 is 1.78 bits per heavy atom. The number of carbonyl (C=O) groups excluding carboxylic acids is 2. The average Bonchev–Trinajstić information content (AvgIpc) is 3.01. The summed E-state index contributed by atoms with van der Waals surface area (Å²) in [5.41, 5.74) is -0.910. The molecule has 0 aromatic heterocycles. The first-order valence-electron chi connectivity index (χ1n) is 10.3. The number of carbonyl (C=O) groups is 2. The van der Waals surface area contributed by atoms with Gasteiger partial charge < -0.3 is 10.2 Å². The van der Waals surface area contributed by atoms with Crippen molar-refractivity contribution in [1.82, 2.24) is 4.90 Å². The van der Waals surface area contributed by atoms with Crippen LogP contribution in [0.5, 0.6) is 0 Å². The third-order valence-electron chi connectivity index (χ3n) is 5.84. The van der Waals surface area contributed by atoms with Crippen LogP contribution in [0, 0.1) is 0 Å². The van der Waals surface area contributed by atoms with Crippen molar-refractivity contribution in [3.05, 3.63) is 64.7 Å². The summed E-state index contributed by atoms with van der Waals surface area (Å²) >= 11 is 6.00. The van der Waals surface area contributed by atoms with Crippen LogP contribution < -0.4 is 5.32 Å². The highest BCUT2D eigenvalue weighted by Gasteiger charge is 2.48. The Morgan fingerprint density at radius 3 is 2.44 bits per heavy atom. The highest BCUT2D eigenvalue weighted by Crippen LogP contribution is 2.40. The second-order valence-electron chi connectivity index (χ2n) is 8.00. The Hall–Kier alpha value is -2.87. The minimum Gasteiger partial charge on any atom is -0.323 e. The first-order valence-corrected chi connectivity index (χ1v) is 10.7. The van der Waals surface area contributed by atoms with Gasteiger partial charge in [0.2, 0.25) is 5.91 Å². The number of nitrogens with zero attached hydrogens (tertiary/aromatic N) is 2. The number of alkyl halides is 3. The largest absolute Gasteiger partial charge is 0.416 e. The van der Waals surface area contributed by atoms with Crippen LogP contribution >= 0.6 is 11.6 Å². The molecule has 2 aromatic rings. The van der Waals surface area contributed by atoms with Gasteiger partial charge >= 0.3 is 6.18 Å². The van der Waals surface area contributed by atoms with E-state index in [0.717, 1.165) is 37.5 Å². The van der Waals surface area contributed by atoms with Gasteiger partial charge in [-0.05, 0) is 43.9 Å². The molecule has 9 heteroatoms. The van der Waals surface area contributed by atoms with Crippen molar-refractivity contribution in [3.8, 4) is 0 Å². The molecular weight excluding hydrogens is 443 g/mol. The van der Waals surface area contributed by atoms with Crippen LogP contribution in [0.4, 0.5) is 18.9 Å². The summed E-state index contributed by atoms with van der Waals surface area (Å²) in [5, 5.41) is 2.41. The minimum atomic E-state index is -4.57. The van der Waals surface area contributed by atoms with Crippen LogP contribution in [-0.2, 0) is 15.8 Å². The van der Waals surface area contributed by atoms with E-state index in [1.165, 1.54) is 4.90 Å². The number of nitrogens with one attached hydrogen (secondary N) is 1. The number of hydrogen-bond donors (Lipinski definition) is 1. The van der Waals surface area contributed by atoms with E-state index in [1.807, 2.05) is 18.2 Å². The quantitative estimate of drug-likeness (QED) is 0.669. The number of aliphatic imine (C=N–C) groups is 1. The maximum atomic E-state index is 13.3. The van der Waals surface area contributed by atoms with Crippen molar-refractivity contribution in [2.24, 2.45) is 4.99 Å². The van der Waals surface area contributed by atoms with Crippen LogP contribution in [-0.4, -0.2) is 34.6 Å². The summed E-state index contributed by atoms with van der Waals surface area (Å²) in [6.07, 6.45) is -0.544. The summed E-state index contributed by atoms with van der Waals surface area (Å²) in [4.78, 5) is 32.3. The summed E-state index contributed by atoms with van der Waals surface area (Å²) < 4.78 is 39.1. The number of benzene rings is 2. The van der Waals surface area contributed by atoms with Crippen molar-refractivity contribution in [1.29, 1.82) is 0 Å². The van der Waals surface area contributed by atoms with Gasteiger partial charge in [0.15, 0.2) is 0 Å². The van der Waals surface area contributed by atoms with Crippen LogP contribution in [0.3, 0.4) is 0 Å². The lowest BCUT2D eigenvalue weighted by Crippen LogP contribution is -2.51. The molecule has 4 rings (SSSR count). The molecule has 2 amide bonds. The van der Waals surface area contributed by atoms with Gasteiger partial charge in [0.1, 0.15) is 17.9 Å². The molecule has 0 saturated heterocycles. The minimum absolute atomic E-state index is 0.0206. The SMILES string of the molecule is O=C(CN1C(=O)C(c2ccccc2)=NC12CCCCC2)Nc1cc(C(F)(F)F)ccc1Cl. The van der Waals surface area contributed by atoms with E-state index in [1.54, 1.807) is 12.1 Å². The molecule has 1 heterocycles. The maximum absolute atomic E-state index is 13.3. The Labute approximate surface area is 188 Å². The maximum Gasteiger partial charge on any atom is 0.416 e. The predicted octanol–water partition coefficient (Wildman–Crippen LogP) is 5.29. The van der Waals surface area contributed by atoms with Gasteiger partial charge in [-0.2, -0.15) is 13.2 Å². The van der Waals surface area contributed by atoms with E-state index >= 15 is 0 Å². The van der Waals surface area contributed by atoms with Gasteiger partial charge in [-0.3, -0.25) is 14.6 Å². The lowest BCUT2D eigenvalue weighted by molar-refractivity contribution is -0.137. The molecule has 0 bridgehead atoms. The fraction of sp³-hybridized carbons (Fsp3) is 0.348. The number of amides is 2. The third kappa shape index (κ3) is 4.37. The zero-order valence-corrected chi connectivity index (χ0v) is 17.8. The molecule has 1 saturated carbocycles. The fourth-order valence-corrected chi connectivity index (χ4v) is 4.43. The molecule has 2 aliphatic rings. The van der Waals surface area contributed by atoms with Crippen LogP contribution in [0.15, 0.2) is 53.5 Å². The van der Waals surface area contributed by atoms with E-state index in [2.05, 4.69) is 5.32 Å². The Kier molecular flexibility index (Phi) is 5.99. The number of hydrogen-bond acceptors (Lipinski definition) is 3. The van der Waals surface area contributed by atoms with E-state index in [9.17, 15) is 22.8 Å².